The molecule has 0 saturated heterocycles. The lowest BCUT2D eigenvalue weighted by molar-refractivity contribution is 0.0562. The fraction of sp³-hybridized carbons (Fsp3) is 0.684. The summed E-state index contributed by atoms with van der Waals surface area (Å²) in [5.74, 6) is 1.57. The first kappa shape index (κ1) is 13.2. The van der Waals surface area contributed by atoms with Crippen LogP contribution in [0, 0.1) is 22.7 Å². The minimum Gasteiger partial charge on any atom is -0.103 e. The largest absolute Gasteiger partial charge is 0.103 e. The van der Waals surface area contributed by atoms with Gasteiger partial charge in [0.15, 0.2) is 0 Å². The van der Waals surface area contributed by atoms with Gasteiger partial charge in [-0.3, -0.25) is 0 Å². The van der Waals surface area contributed by atoms with Crippen LogP contribution < -0.4 is 0 Å². The lowest BCUT2D eigenvalue weighted by Gasteiger charge is -2.54. The van der Waals surface area contributed by atoms with Crippen molar-refractivity contribution in [1.29, 1.82) is 0 Å². The Bertz CT molecular complexity index is 441. The third-order valence-corrected chi connectivity index (χ3v) is 6.47. The van der Waals surface area contributed by atoms with Crippen molar-refractivity contribution in [2.75, 3.05) is 0 Å². The van der Waals surface area contributed by atoms with E-state index in [4.69, 9.17) is 0 Å². The van der Waals surface area contributed by atoms with Crippen LogP contribution in [0.1, 0.15) is 58.8 Å². The Balaban J connectivity index is 1.93. The highest BCUT2D eigenvalue weighted by atomic mass is 14.5. The second-order valence-electron chi connectivity index (χ2n) is 7.71. The zero-order chi connectivity index (χ0) is 13.7. The van der Waals surface area contributed by atoms with Gasteiger partial charge < -0.3 is 0 Å². The van der Waals surface area contributed by atoms with Crippen molar-refractivity contribution >= 4 is 0 Å². The van der Waals surface area contributed by atoms with Crippen LogP contribution in [0.25, 0.3) is 0 Å². The van der Waals surface area contributed by atoms with Crippen molar-refractivity contribution in [3.63, 3.8) is 0 Å². The molecule has 0 nitrogen and oxygen atoms in total. The summed E-state index contributed by atoms with van der Waals surface area (Å²) in [4.78, 5) is 0. The van der Waals surface area contributed by atoms with E-state index in [1.165, 1.54) is 50.5 Å². The van der Waals surface area contributed by atoms with Crippen LogP contribution in [-0.2, 0) is 0 Å². The van der Waals surface area contributed by atoms with Gasteiger partial charge in [-0.2, -0.15) is 0 Å². The van der Waals surface area contributed by atoms with E-state index < -0.39 is 0 Å². The molecular weight excluding hydrogens is 228 g/mol. The number of allylic oxidation sites excluding steroid dienone is 4. The summed E-state index contributed by atoms with van der Waals surface area (Å²) in [5, 5.41) is 0. The molecule has 0 aromatic rings. The minimum absolute atomic E-state index is 0.344. The minimum atomic E-state index is 0.344. The van der Waals surface area contributed by atoms with Gasteiger partial charge in [-0.15, -0.1) is 6.58 Å². The van der Waals surface area contributed by atoms with Crippen molar-refractivity contribution in [2.45, 2.75) is 58.8 Å². The van der Waals surface area contributed by atoms with Gasteiger partial charge in [0.25, 0.3) is 0 Å². The van der Waals surface area contributed by atoms with Crippen LogP contribution in [0.15, 0.2) is 36.5 Å². The van der Waals surface area contributed by atoms with Crippen LogP contribution in [-0.4, -0.2) is 0 Å². The molecule has 4 atom stereocenters. The Morgan fingerprint density at radius 2 is 2.05 bits per heavy atom. The van der Waals surface area contributed by atoms with E-state index in [1.54, 1.807) is 5.57 Å². The maximum absolute atomic E-state index is 4.38. The van der Waals surface area contributed by atoms with E-state index in [9.17, 15) is 0 Å². The van der Waals surface area contributed by atoms with Gasteiger partial charge in [-0.25, -0.2) is 0 Å². The van der Waals surface area contributed by atoms with Gasteiger partial charge in [0.2, 0.25) is 0 Å². The van der Waals surface area contributed by atoms with Crippen LogP contribution >= 0.6 is 0 Å². The summed E-state index contributed by atoms with van der Waals surface area (Å²) >= 11 is 0. The molecule has 0 N–H and O–H groups in total. The van der Waals surface area contributed by atoms with Crippen molar-refractivity contribution in [2.24, 2.45) is 22.7 Å². The van der Waals surface area contributed by atoms with Gasteiger partial charge in [0.1, 0.15) is 0 Å². The predicted molar refractivity (Wildman–Crippen MR) is 82.9 cm³/mol. The third kappa shape index (κ3) is 1.95. The number of hydrogen-bond donors (Lipinski definition) is 0. The molecule has 0 amide bonds. The molecule has 19 heavy (non-hydrogen) atoms. The topological polar surface area (TPSA) is 0 Å². The zero-order valence-corrected chi connectivity index (χ0v) is 12.7. The summed E-state index contributed by atoms with van der Waals surface area (Å²) in [6, 6.07) is 0. The van der Waals surface area contributed by atoms with Crippen LogP contribution in [0.5, 0.6) is 0 Å². The second-order valence-corrected chi connectivity index (χ2v) is 7.71. The maximum Gasteiger partial charge on any atom is -0.0112 e. The fourth-order valence-corrected chi connectivity index (χ4v) is 5.11. The van der Waals surface area contributed by atoms with Crippen molar-refractivity contribution in [3.05, 3.63) is 36.5 Å². The van der Waals surface area contributed by atoms with Gasteiger partial charge in [0, 0.05) is 0 Å². The first-order valence-electron chi connectivity index (χ1n) is 7.99. The standard InChI is InChI=1S/C19H28/c1-5-18(3)12-10-17-15(13-18)8-9-16-14(2)7-6-11-19(16,17)4/h5,8,16-17H,1-2,6-7,9-13H2,3-4H3/t16-,17-,18-,19-/m0/s1. The monoisotopic (exact) mass is 256 g/mol. The molecule has 2 saturated carbocycles. The molecule has 0 heterocycles. The summed E-state index contributed by atoms with van der Waals surface area (Å²) < 4.78 is 0. The van der Waals surface area contributed by atoms with Crippen LogP contribution in [0.2, 0.25) is 0 Å². The smallest absolute Gasteiger partial charge is 0.0112 e. The highest BCUT2D eigenvalue weighted by molar-refractivity contribution is 5.28. The number of fused-ring (bicyclic) bond motifs is 3. The van der Waals surface area contributed by atoms with E-state index in [0.29, 0.717) is 10.8 Å². The third-order valence-electron chi connectivity index (χ3n) is 6.47. The first-order valence-corrected chi connectivity index (χ1v) is 7.99. The quantitative estimate of drug-likeness (QED) is 0.530. The Kier molecular flexibility index (Phi) is 3.04. The highest BCUT2D eigenvalue weighted by Crippen LogP contribution is 2.60. The summed E-state index contributed by atoms with van der Waals surface area (Å²) in [6.07, 6.45) is 13.9. The van der Waals surface area contributed by atoms with Gasteiger partial charge in [-0.05, 0) is 67.6 Å². The normalized spacial score (nSPS) is 46.0. The molecule has 0 bridgehead atoms. The fourth-order valence-electron chi connectivity index (χ4n) is 5.11. The van der Waals surface area contributed by atoms with E-state index in [-0.39, 0.29) is 0 Å². The molecule has 0 aliphatic heterocycles. The SMILES string of the molecule is C=C[C@@]1(C)CC[C@H]2C(=CC[C@H]3C(=C)CCC[C@@]32C)C1. The molecule has 0 aromatic carbocycles. The Morgan fingerprint density at radius 1 is 1.26 bits per heavy atom. The van der Waals surface area contributed by atoms with Crippen LogP contribution in [0.3, 0.4) is 0 Å². The predicted octanol–water partition coefficient (Wildman–Crippen LogP) is 5.67. The second kappa shape index (κ2) is 4.36. The van der Waals surface area contributed by atoms with Gasteiger partial charge in [0.05, 0.1) is 0 Å². The summed E-state index contributed by atoms with van der Waals surface area (Å²) in [7, 11) is 0. The Morgan fingerprint density at radius 3 is 2.79 bits per heavy atom. The van der Waals surface area contributed by atoms with Gasteiger partial charge in [-0.1, -0.05) is 43.7 Å². The molecular formula is C19H28. The molecule has 0 spiro atoms. The lowest BCUT2D eigenvalue weighted by Crippen LogP contribution is -2.45. The molecule has 104 valence electrons. The molecule has 0 aromatic heterocycles. The van der Waals surface area contributed by atoms with E-state index in [1.807, 2.05) is 0 Å². The van der Waals surface area contributed by atoms with Gasteiger partial charge >= 0.3 is 0 Å². The van der Waals surface area contributed by atoms with Crippen molar-refractivity contribution in [3.8, 4) is 0 Å². The number of hydrogen-bond acceptors (Lipinski definition) is 0. The average molecular weight is 256 g/mol. The summed E-state index contributed by atoms with van der Waals surface area (Å²) in [6.45, 7) is 13.4. The maximum atomic E-state index is 4.38. The van der Waals surface area contributed by atoms with E-state index in [2.05, 4.69) is 39.2 Å². The molecule has 0 unspecified atom stereocenters. The lowest BCUT2D eigenvalue weighted by atomic mass is 9.50. The molecule has 0 radical (unpaired) electrons. The molecule has 0 heteroatoms. The Hall–Kier alpha value is -0.780. The van der Waals surface area contributed by atoms with Crippen molar-refractivity contribution < 1.29 is 0 Å². The average Bonchev–Trinajstić information content (AvgIpc) is 2.38. The highest BCUT2D eigenvalue weighted by Gasteiger charge is 2.49. The summed E-state index contributed by atoms with van der Waals surface area (Å²) in [5.41, 5.74) is 4.11. The molecule has 3 aliphatic carbocycles. The van der Waals surface area contributed by atoms with Crippen LogP contribution in [0.4, 0.5) is 0 Å². The molecule has 2 fully saturated rings. The van der Waals surface area contributed by atoms with E-state index in [0.717, 1.165) is 11.8 Å². The molecule has 3 aliphatic rings. The van der Waals surface area contributed by atoms with E-state index >= 15 is 0 Å². The number of rotatable bonds is 1. The zero-order valence-electron chi connectivity index (χ0n) is 12.7. The van der Waals surface area contributed by atoms with Crippen molar-refractivity contribution in [1.82, 2.24) is 0 Å². The Labute approximate surface area is 118 Å². The first-order chi connectivity index (χ1) is 8.98. The molecule has 3 rings (SSSR count).